The summed E-state index contributed by atoms with van der Waals surface area (Å²) in [5.74, 6) is 4.36. The molecule has 0 spiro atoms. The SMILES string of the molecule is C=C(C)C(/C=C/C(C)C1CCC2C3CC=C4CC(OC(C)=O)CCC4(C)C3CCC12C)CC. The first-order valence-corrected chi connectivity index (χ1v) is 13.8. The number of hydrogen-bond donors (Lipinski definition) is 0. The second kappa shape index (κ2) is 9.38. The van der Waals surface area contributed by atoms with Crippen molar-refractivity contribution >= 4 is 5.97 Å². The van der Waals surface area contributed by atoms with E-state index in [4.69, 9.17) is 4.74 Å². The molecule has 0 bridgehead atoms. The van der Waals surface area contributed by atoms with Crippen LogP contribution >= 0.6 is 0 Å². The van der Waals surface area contributed by atoms with Gasteiger partial charge >= 0.3 is 5.97 Å². The summed E-state index contributed by atoms with van der Waals surface area (Å²) in [6.07, 6.45) is 18.8. The molecule has 184 valence electrons. The molecule has 4 aliphatic carbocycles. The average Bonchev–Trinajstić information content (AvgIpc) is 3.11. The van der Waals surface area contributed by atoms with Crippen molar-refractivity contribution in [3.05, 3.63) is 36.0 Å². The Morgan fingerprint density at radius 2 is 1.91 bits per heavy atom. The van der Waals surface area contributed by atoms with Crippen molar-refractivity contribution in [1.82, 2.24) is 0 Å². The van der Waals surface area contributed by atoms with E-state index in [1.54, 1.807) is 12.5 Å². The second-order valence-corrected chi connectivity index (χ2v) is 12.6. The highest BCUT2D eigenvalue weighted by atomic mass is 16.5. The lowest BCUT2D eigenvalue weighted by Gasteiger charge is -2.58. The predicted octanol–water partition coefficient (Wildman–Crippen LogP) is 8.29. The summed E-state index contributed by atoms with van der Waals surface area (Å²) in [6.45, 7) is 17.9. The molecule has 2 heteroatoms. The third-order valence-electron chi connectivity index (χ3n) is 10.8. The molecule has 0 amide bonds. The zero-order valence-corrected chi connectivity index (χ0v) is 22.2. The van der Waals surface area contributed by atoms with E-state index in [0.717, 1.165) is 42.9 Å². The Kier molecular flexibility index (Phi) is 7.05. The number of fused-ring (bicyclic) bond motifs is 5. The van der Waals surface area contributed by atoms with Crippen molar-refractivity contribution < 1.29 is 9.53 Å². The molecule has 0 saturated heterocycles. The van der Waals surface area contributed by atoms with Crippen molar-refractivity contribution in [2.75, 3.05) is 0 Å². The summed E-state index contributed by atoms with van der Waals surface area (Å²) in [7, 11) is 0. The highest BCUT2D eigenvalue weighted by Gasteiger charge is 2.59. The molecule has 2 nitrogen and oxygen atoms in total. The average molecular weight is 453 g/mol. The second-order valence-electron chi connectivity index (χ2n) is 12.6. The third-order valence-corrected chi connectivity index (χ3v) is 10.8. The quantitative estimate of drug-likeness (QED) is 0.299. The standard InChI is InChI=1S/C31H48O2/c1-8-23(20(2)3)10-9-21(4)27-13-14-28-26-12-11-24-19-25(33-22(5)32)15-17-30(24,6)29(26)16-18-31(27,28)7/h9-11,21,23,25-29H,2,8,12-19H2,1,3-7H3/b10-9+. The number of carbonyl (C=O) groups is 1. The Morgan fingerprint density at radius 1 is 1.15 bits per heavy atom. The molecule has 9 atom stereocenters. The largest absolute Gasteiger partial charge is 0.462 e. The molecule has 33 heavy (non-hydrogen) atoms. The summed E-state index contributed by atoms with van der Waals surface area (Å²) in [5.41, 5.74) is 3.69. The van der Waals surface area contributed by atoms with Gasteiger partial charge in [0.05, 0.1) is 0 Å². The number of rotatable bonds is 6. The molecule has 0 aromatic carbocycles. The van der Waals surface area contributed by atoms with Crippen LogP contribution in [-0.4, -0.2) is 12.1 Å². The summed E-state index contributed by atoms with van der Waals surface area (Å²) in [4.78, 5) is 11.5. The van der Waals surface area contributed by atoms with Crippen LogP contribution in [0.15, 0.2) is 36.0 Å². The van der Waals surface area contributed by atoms with Gasteiger partial charge in [0.1, 0.15) is 6.10 Å². The van der Waals surface area contributed by atoms with Crippen LogP contribution in [0.3, 0.4) is 0 Å². The van der Waals surface area contributed by atoms with Crippen molar-refractivity contribution in [2.24, 2.45) is 46.3 Å². The predicted molar refractivity (Wildman–Crippen MR) is 138 cm³/mol. The first-order chi connectivity index (χ1) is 15.6. The zero-order chi connectivity index (χ0) is 24.0. The zero-order valence-electron chi connectivity index (χ0n) is 22.2. The maximum Gasteiger partial charge on any atom is 0.302 e. The van der Waals surface area contributed by atoms with Gasteiger partial charge in [-0.15, -0.1) is 0 Å². The molecule has 4 rings (SSSR count). The topological polar surface area (TPSA) is 26.3 Å². The van der Waals surface area contributed by atoms with Crippen molar-refractivity contribution in [1.29, 1.82) is 0 Å². The van der Waals surface area contributed by atoms with E-state index in [2.05, 4.69) is 59.4 Å². The summed E-state index contributed by atoms with van der Waals surface area (Å²) in [5, 5.41) is 0. The van der Waals surface area contributed by atoms with Crippen LogP contribution in [0.25, 0.3) is 0 Å². The molecule has 0 heterocycles. The van der Waals surface area contributed by atoms with Crippen molar-refractivity contribution in [3.8, 4) is 0 Å². The monoisotopic (exact) mass is 452 g/mol. The fourth-order valence-corrected chi connectivity index (χ4v) is 8.96. The number of carbonyl (C=O) groups excluding carboxylic acids is 1. The minimum absolute atomic E-state index is 0.0990. The molecule has 0 N–H and O–H groups in total. The molecule has 3 saturated carbocycles. The Balaban J connectivity index is 1.50. The van der Waals surface area contributed by atoms with E-state index in [1.807, 2.05) is 0 Å². The van der Waals surface area contributed by atoms with Gasteiger partial charge in [-0.1, -0.05) is 63.6 Å². The molecule has 4 aliphatic rings. The smallest absolute Gasteiger partial charge is 0.302 e. The lowest BCUT2D eigenvalue weighted by atomic mass is 9.47. The molecule has 3 fully saturated rings. The Bertz CT molecular complexity index is 821. The summed E-state index contributed by atoms with van der Waals surface area (Å²) >= 11 is 0. The van der Waals surface area contributed by atoms with Gasteiger partial charge in [0.15, 0.2) is 0 Å². The van der Waals surface area contributed by atoms with E-state index < -0.39 is 0 Å². The molecule has 0 aromatic rings. The fraction of sp³-hybridized carbons (Fsp3) is 0.774. The minimum Gasteiger partial charge on any atom is -0.462 e. The van der Waals surface area contributed by atoms with Gasteiger partial charge < -0.3 is 4.74 Å². The molecular formula is C31H48O2. The molecular weight excluding hydrogens is 404 g/mol. The Morgan fingerprint density at radius 3 is 2.58 bits per heavy atom. The van der Waals surface area contributed by atoms with Crippen molar-refractivity contribution in [3.63, 3.8) is 0 Å². The van der Waals surface area contributed by atoms with E-state index in [0.29, 0.717) is 22.7 Å². The van der Waals surface area contributed by atoms with Gasteiger partial charge in [0, 0.05) is 13.3 Å². The summed E-state index contributed by atoms with van der Waals surface area (Å²) in [6, 6.07) is 0. The maximum atomic E-state index is 11.5. The van der Waals surface area contributed by atoms with Crippen LogP contribution in [0.2, 0.25) is 0 Å². The van der Waals surface area contributed by atoms with Gasteiger partial charge in [-0.2, -0.15) is 0 Å². The van der Waals surface area contributed by atoms with Gasteiger partial charge in [-0.3, -0.25) is 4.79 Å². The maximum absolute atomic E-state index is 11.5. The lowest BCUT2D eigenvalue weighted by Crippen LogP contribution is -2.51. The number of esters is 1. The normalized spacial score (nSPS) is 42.0. The highest BCUT2D eigenvalue weighted by molar-refractivity contribution is 5.66. The molecule has 0 aromatic heterocycles. The van der Waals surface area contributed by atoms with E-state index in [9.17, 15) is 4.79 Å². The Hall–Kier alpha value is -1.31. The van der Waals surface area contributed by atoms with E-state index >= 15 is 0 Å². The van der Waals surface area contributed by atoms with E-state index in [-0.39, 0.29) is 12.1 Å². The lowest BCUT2D eigenvalue weighted by molar-refractivity contribution is -0.148. The molecule has 9 unspecified atom stereocenters. The van der Waals surface area contributed by atoms with Gasteiger partial charge in [-0.05, 0) is 105 Å². The molecule has 0 aliphatic heterocycles. The summed E-state index contributed by atoms with van der Waals surface area (Å²) < 4.78 is 5.62. The number of hydrogen-bond acceptors (Lipinski definition) is 2. The molecule has 0 radical (unpaired) electrons. The van der Waals surface area contributed by atoms with E-state index in [1.165, 1.54) is 44.1 Å². The number of ether oxygens (including phenoxy) is 1. The van der Waals surface area contributed by atoms with Crippen LogP contribution in [0.1, 0.15) is 99.3 Å². The van der Waals surface area contributed by atoms with Crippen LogP contribution in [0.4, 0.5) is 0 Å². The van der Waals surface area contributed by atoms with Crippen LogP contribution in [0.5, 0.6) is 0 Å². The van der Waals surface area contributed by atoms with Gasteiger partial charge in [-0.25, -0.2) is 0 Å². The Labute approximate surface area is 203 Å². The first kappa shape index (κ1) is 24.8. The van der Waals surface area contributed by atoms with Crippen LogP contribution in [-0.2, 0) is 9.53 Å². The fourth-order valence-electron chi connectivity index (χ4n) is 8.96. The minimum atomic E-state index is -0.125. The van der Waals surface area contributed by atoms with Crippen LogP contribution < -0.4 is 0 Å². The van der Waals surface area contributed by atoms with Gasteiger partial charge in [0.25, 0.3) is 0 Å². The first-order valence-electron chi connectivity index (χ1n) is 13.8. The highest BCUT2D eigenvalue weighted by Crippen LogP contribution is 2.67. The number of allylic oxidation sites excluding steroid dienone is 4. The van der Waals surface area contributed by atoms with Crippen LogP contribution in [0, 0.1) is 46.3 Å². The van der Waals surface area contributed by atoms with Crippen molar-refractivity contribution in [2.45, 2.75) is 105 Å². The third kappa shape index (κ3) is 4.41. The van der Waals surface area contributed by atoms with Gasteiger partial charge in [0.2, 0.25) is 0 Å².